The van der Waals surface area contributed by atoms with Gasteiger partial charge in [0.15, 0.2) is 12.6 Å². The van der Waals surface area contributed by atoms with Crippen molar-refractivity contribution in [2.45, 2.75) is 114 Å². The van der Waals surface area contributed by atoms with Crippen LogP contribution in [0.2, 0.25) is 0 Å². The molecule has 69 heavy (non-hydrogen) atoms. The second-order valence-corrected chi connectivity index (χ2v) is 19.5. The van der Waals surface area contributed by atoms with Crippen LogP contribution in [-0.4, -0.2) is 116 Å². The fourth-order valence-corrected chi connectivity index (χ4v) is 10.6. The molecule has 3 fully saturated rings. The van der Waals surface area contributed by atoms with Gasteiger partial charge in [0.05, 0.1) is 29.8 Å². The summed E-state index contributed by atoms with van der Waals surface area (Å²) in [5.74, 6) is -6.24. The zero-order valence-electron chi connectivity index (χ0n) is 38.8. The summed E-state index contributed by atoms with van der Waals surface area (Å²) in [6.07, 6.45) is -10.6. The van der Waals surface area contributed by atoms with Crippen molar-refractivity contribution < 1.29 is 170 Å². The molecule has 7 rings (SSSR count). The molecule has 1 saturated heterocycles. The summed E-state index contributed by atoms with van der Waals surface area (Å²) in [5, 5.41) is 41.6. The van der Waals surface area contributed by atoms with Crippen molar-refractivity contribution >= 4 is 37.4 Å². The standard InChI is InChI=1S/C48H56NO17P.2Ac/c1-6-16-34(50)65-38(36(28-17-10-7-11-18-28)49-42(53)29-19-12-8-13-20-29)44(55)64-31-24-48(57)41(66-43(54)30-21-14-9-15-22-30)39-46(5,40(52)37(51)35(27(31)2)45(48,3)4)32(62-26-63-67(58,59)60)23-33-47(39,56)25-61-33;;/h7-15,17-22,31-33,36-39,41,51,56-57H,6,16,23-26H2,1-5H3,(H,49,53)(H2,58,59,60);;/t31?,32?,33?,36?,37?,38?,39?,41?,46-,47+,48?;;/m1../s1. The van der Waals surface area contributed by atoms with E-state index in [-0.39, 0.29) is 123 Å². The first-order chi connectivity index (χ1) is 31.6. The number of esters is 3. The number of amides is 1. The third kappa shape index (κ3) is 11.3. The molecule has 4 aliphatic rings. The zero-order chi connectivity index (χ0) is 48.7. The number of rotatable bonds is 15. The van der Waals surface area contributed by atoms with Gasteiger partial charge in [0.2, 0.25) is 6.10 Å². The molecule has 3 aromatic carbocycles. The number of aliphatic hydroxyl groups excluding tert-OH is 1. The van der Waals surface area contributed by atoms with Crippen LogP contribution in [0.15, 0.2) is 102 Å². The van der Waals surface area contributed by atoms with E-state index in [1.165, 1.54) is 39.8 Å². The molecule has 11 atom stereocenters. The summed E-state index contributed by atoms with van der Waals surface area (Å²) >= 11 is 0. The number of benzene rings is 3. The molecule has 0 spiro atoms. The van der Waals surface area contributed by atoms with Crippen LogP contribution in [0.1, 0.15) is 92.6 Å². The largest absolute Gasteiger partial charge is 0.471 e. The predicted molar refractivity (Wildman–Crippen MR) is 234 cm³/mol. The molecule has 0 aromatic heterocycles. The van der Waals surface area contributed by atoms with E-state index in [0.29, 0.717) is 12.0 Å². The van der Waals surface area contributed by atoms with E-state index in [4.69, 9.17) is 23.7 Å². The Morgan fingerprint density at radius 1 is 0.884 bits per heavy atom. The van der Waals surface area contributed by atoms with Gasteiger partial charge in [-0.2, -0.15) is 0 Å². The Morgan fingerprint density at radius 2 is 1.46 bits per heavy atom. The number of ether oxygens (including phenoxy) is 5. The maximum absolute atomic E-state index is 15.3. The molecule has 6 N–H and O–H groups in total. The summed E-state index contributed by atoms with van der Waals surface area (Å²) in [7, 11) is -5.11. The van der Waals surface area contributed by atoms with Gasteiger partial charge in [-0.05, 0) is 61.2 Å². The van der Waals surface area contributed by atoms with Crippen LogP contribution in [0.4, 0.5) is 0 Å². The monoisotopic (exact) mass is 1400 g/mol. The molecule has 21 heteroatoms. The Kier molecular flexibility index (Phi) is 19.1. The molecule has 9 unspecified atom stereocenters. The van der Waals surface area contributed by atoms with E-state index in [9.17, 15) is 48.8 Å². The first-order valence-corrected chi connectivity index (χ1v) is 23.5. The molecule has 2 saturated carbocycles. The molecule has 1 aliphatic heterocycles. The van der Waals surface area contributed by atoms with Crippen LogP contribution in [0.3, 0.4) is 0 Å². The Balaban J connectivity index is 0.00000444. The molecule has 1 amide bonds. The van der Waals surface area contributed by atoms with Crippen molar-refractivity contribution in [3.63, 3.8) is 0 Å². The molecule has 3 aromatic rings. The van der Waals surface area contributed by atoms with Crippen molar-refractivity contribution in [3.05, 3.63) is 119 Å². The Bertz CT molecular complexity index is 2440. The van der Waals surface area contributed by atoms with Crippen molar-refractivity contribution in [1.29, 1.82) is 0 Å². The predicted octanol–water partition coefficient (Wildman–Crippen LogP) is 4.04. The second kappa shape index (κ2) is 22.9. The molecule has 3 aliphatic carbocycles. The third-order valence-electron chi connectivity index (χ3n) is 14.1. The maximum Gasteiger partial charge on any atom is 0.471 e. The number of nitrogens with one attached hydrogen (secondary N) is 1. The van der Waals surface area contributed by atoms with Crippen molar-refractivity contribution in [2.24, 2.45) is 16.7 Å². The van der Waals surface area contributed by atoms with Gasteiger partial charge < -0.3 is 54.1 Å². The fourth-order valence-electron chi connectivity index (χ4n) is 10.5. The average Bonchev–Trinajstić information content (AvgIpc) is 3.29. The number of hydrogen-bond acceptors (Lipinski definition) is 15. The Hall–Kier alpha value is -2.26. The van der Waals surface area contributed by atoms with Crippen molar-refractivity contribution in [1.82, 2.24) is 5.32 Å². The van der Waals surface area contributed by atoms with Gasteiger partial charge in [-0.25, -0.2) is 14.2 Å². The number of carbonyl (C=O) groups is 5. The van der Waals surface area contributed by atoms with Crippen LogP contribution in [0.5, 0.6) is 0 Å². The zero-order valence-corrected chi connectivity index (χ0v) is 49.1. The number of phosphoric acid groups is 1. The minimum Gasteiger partial charge on any atom is -0.455 e. The quantitative estimate of drug-likeness (QED) is 0.0412. The van der Waals surface area contributed by atoms with Crippen molar-refractivity contribution in [3.8, 4) is 0 Å². The summed E-state index contributed by atoms with van der Waals surface area (Å²) in [5.41, 5.74) is -7.77. The molecule has 1 heterocycles. The Labute approximate surface area is 470 Å². The third-order valence-corrected chi connectivity index (χ3v) is 14.5. The normalized spacial score (nSPS) is 29.9. The first kappa shape index (κ1) is 57.6. The molecule has 366 valence electrons. The van der Waals surface area contributed by atoms with Gasteiger partial charge in [-0.1, -0.05) is 87.5 Å². The van der Waals surface area contributed by atoms with Gasteiger partial charge in [0.25, 0.3) is 5.91 Å². The van der Waals surface area contributed by atoms with Gasteiger partial charge in [-0.3, -0.25) is 18.9 Å². The van der Waals surface area contributed by atoms with E-state index in [1.807, 2.05) is 0 Å². The number of phosphoric ester groups is 1. The molecular weight excluding hydrogens is 1350 g/mol. The maximum atomic E-state index is 15.3. The summed E-state index contributed by atoms with van der Waals surface area (Å²) in [6, 6.07) is 22.8. The van der Waals surface area contributed by atoms with Crippen LogP contribution in [-0.2, 0) is 47.2 Å². The Morgan fingerprint density at radius 3 is 2.01 bits per heavy atom. The minimum absolute atomic E-state index is 0. The van der Waals surface area contributed by atoms with E-state index in [2.05, 4.69) is 9.84 Å². The number of carbonyl (C=O) groups excluding carboxylic acids is 5. The van der Waals surface area contributed by atoms with Crippen molar-refractivity contribution in [2.75, 3.05) is 13.4 Å². The number of fused-ring (bicyclic) bond motifs is 5. The van der Waals surface area contributed by atoms with E-state index >= 15 is 4.79 Å². The number of Topliss-reactive ketones (excluding diaryl/α,β-unsaturated/α-hetero) is 1. The van der Waals surface area contributed by atoms with Gasteiger partial charge in [-0.15, -0.1) is 0 Å². The molecular formula is C48H56Ac2NO17P. The minimum atomic E-state index is -5.11. The summed E-state index contributed by atoms with van der Waals surface area (Å²) in [6.45, 7) is 6.10. The first-order valence-electron chi connectivity index (χ1n) is 22.0. The summed E-state index contributed by atoms with van der Waals surface area (Å²) < 4.78 is 46.4. The smallest absolute Gasteiger partial charge is 0.455 e. The number of ketones is 1. The van der Waals surface area contributed by atoms with E-state index < -0.39 is 128 Å². The second-order valence-electron chi connectivity index (χ2n) is 18.3. The van der Waals surface area contributed by atoms with Gasteiger partial charge >= 0.3 is 25.7 Å². The number of aliphatic hydroxyl groups is 3. The topological polar surface area (TPSA) is 271 Å². The van der Waals surface area contributed by atoms with Gasteiger partial charge in [0, 0.05) is 124 Å². The van der Waals surface area contributed by atoms with Crippen LogP contribution in [0, 0.1) is 105 Å². The van der Waals surface area contributed by atoms with E-state index in [1.54, 1.807) is 85.8 Å². The van der Waals surface area contributed by atoms with E-state index in [0.717, 1.165) is 0 Å². The summed E-state index contributed by atoms with van der Waals surface area (Å²) in [4.78, 5) is 90.5. The van der Waals surface area contributed by atoms with Crippen LogP contribution < -0.4 is 5.32 Å². The molecule has 2 bridgehead atoms. The van der Waals surface area contributed by atoms with Crippen LogP contribution in [0.25, 0.3) is 0 Å². The molecule has 2 radical (unpaired) electrons. The average molecular weight is 1400 g/mol. The molecule has 18 nitrogen and oxygen atoms in total. The SMILES string of the molecule is CCCC(=O)OC(C(=O)OC1CC2(O)C(OC(=O)c3ccccc3)C3[C@]4(O)COC4CC(OCOP(=O)(O)O)[C@@]3(C)C(=O)C(O)C(=C1C)C2(C)C)C(NC(=O)c1ccccc1)c1ccccc1.[Ac].[Ac]. The number of hydrogen-bond donors (Lipinski definition) is 6. The fraction of sp³-hybridized carbons (Fsp3) is 0.479. The van der Waals surface area contributed by atoms with Gasteiger partial charge in [0.1, 0.15) is 35.6 Å². The van der Waals surface area contributed by atoms with Crippen LogP contribution >= 0.6 is 7.82 Å².